The van der Waals surface area contributed by atoms with Gasteiger partial charge in [0.05, 0.1) is 0 Å². The second kappa shape index (κ2) is 4.24. The van der Waals surface area contributed by atoms with Gasteiger partial charge in [-0.25, -0.2) is 0 Å². The normalized spacial score (nSPS) is 13.7. The molecule has 0 heterocycles. The Hall–Kier alpha value is -0.670. The van der Waals surface area contributed by atoms with Crippen molar-refractivity contribution in [2.45, 2.75) is 6.36 Å². The first-order chi connectivity index (χ1) is 6.38. The molecular weight excluding hydrogens is 239 g/mol. The number of alkyl halides is 3. The molecule has 0 spiro atoms. The molecule has 0 saturated carbocycles. The summed E-state index contributed by atoms with van der Waals surface area (Å²) in [5, 5.41) is 0.297. The predicted molar refractivity (Wildman–Crippen MR) is 47.6 cm³/mol. The van der Waals surface area contributed by atoms with Crippen LogP contribution in [0.4, 0.5) is 13.2 Å². The predicted octanol–water partition coefficient (Wildman–Crippen LogP) is 2.92. The van der Waals surface area contributed by atoms with Crippen LogP contribution in [0.1, 0.15) is 0 Å². The van der Waals surface area contributed by atoms with Crippen molar-refractivity contribution in [3.8, 4) is 5.75 Å². The van der Waals surface area contributed by atoms with Gasteiger partial charge >= 0.3 is 6.36 Å². The quantitative estimate of drug-likeness (QED) is 0.748. The highest BCUT2D eigenvalue weighted by Gasteiger charge is 2.30. The smallest absolute Gasteiger partial charge is 0.406 e. The van der Waals surface area contributed by atoms with Crippen LogP contribution >= 0.6 is 18.4 Å². The molecule has 78 valence electrons. The Labute approximate surface area is 83.2 Å². The molecule has 1 unspecified atom stereocenters. The summed E-state index contributed by atoms with van der Waals surface area (Å²) in [5.41, 5.74) is 0. The van der Waals surface area contributed by atoms with Gasteiger partial charge in [0.25, 0.3) is 0 Å². The van der Waals surface area contributed by atoms with Crippen LogP contribution in [0.2, 0.25) is 0 Å². The van der Waals surface area contributed by atoms with Gasteiger partial charge in [-0.05, 0) is 24.3 Å². The Kier molecular flexibility index (Phi) is 3.45. The van der Waals surface area contributed by atoms with Crippen molar-refractivity contribution in [3.63, 3.8) is 0 Å². The fourth-order valence-electron chi connectivity index (χ4n) is 0.788. The van der Waals surface area contributed by atoms with Crippen molar-refractivity contribution in [1.82, 2.24) is 0 Å². The Bertz CT molecular complexity index is 336. The topological polar surface area (TPSA) is 26.3 Å². The average molecular weight is 245 g/mol. The van der Waals surface area contributed by atoms with E-state index in [0.717, 1.165) is 12.1 Å². The molecule has 2 nitrogen and oxygen atoms in total. The number of benzene rings is 1. The number of halogens is 4. The van der Waals surface area contributed by atoms with E-state index >= 15 is 0 Å². The van der Waals surface area contributed by atoms with E-state index in [1.807, 2.05) is 0 Å². The summed E-state index contributed by atoms with van der Waals surface area (Å²) < 4.78 is 49.4. The molecule has 0 aliphatic carbocycles. The lowest BCUT2D eigenvalue weighted by Gasteiger charge is -2.08. The molecule has 1 aromatic carbocycles. The molecular formula is C7H5ClF3O2P. The lowest BCUT2D eigenvalue weighted by atomic mass is 10.3. The molecule has 14 heavy (non-hydrogen) atoms. The first kappa shape index (κ1) is 11.4. The van der Waals surface area contributed by atoms with Gasteiger partial charge < -0.3 is 9.30 Å². The summed E-state index contributed by atoms with van der Waals surface area (Å²) in [7, 11) is -2.39. The molecule has 7 heteroatoms. The standard InChI is InChI=1S/C7H5ClF3O2P/c8-14(12)6-3-1-5(2-4-6)13-7(9,10)11/h1-4,14H. The molecule has 0 aliphatic heterocycles. The van der Waals surface area contributed by atoms with E-state index in [4.69, 9.17) is 11.2 Å². The zero-order valence-corrected chi connectivity index (χ0v) is 8.39. The second-order valence-electron chi connectivity index (χ2n) is 2.35. The Morgan fingerprint density at radius 1 is 1.21 bits per heavy atom. The third-order valence-corrected chi connectivity index (χ3v) is 2.76. The maximum atomic E-state index is 11.7. The zero-order chi connectivity index (χ0) is 10.8. The van der Waals surface area contributed by atoms with Gasteiger partial charge in [-0.3, -0.25) is 0 Å². The highest BCUT2D eigenvalue weighted by atomic mass is 35.7. The van der Waals surface area contributed by atoms with E-state index < -0.39 is 13.5 Å². The minimum Gasteiger partial charge on any atom is -0.406 e. The van der Waals surface area contributed by atoms with Crippen LogP contribution in [0.25, 0.3) is 0 Å². The third kappa shape index (κ3) is 3.60. The van der Waals surface area contributed by atoms with Crippen molar-refractivity contribution < 1.29 is 22.5 Å². The number of hydrogen-bond acceptors (Lipinski definition) is 2. The first-order valence-corrected chi connectivity index (χ1v) is 5.86. The molecule has 0 bridgehead atoms. The molecule has 0 saturated heterocycles. The minimum atomic E-state index is -4.71. The molecule has 1 aromatic rings. The van der Waals surface area contributed by atoms with Gasteiger partial charge in [-0.1, -0.05) is 11.2 Å². The highest BCUT2D eigenvalue weighted by molar-refractivity contribution is 7.80. The number of hydrogen-bond donors (Lipinski definition) is 0. The van der Waals surface area contributed by atoms with E-state index in [0.29, 0.717) is 5.30 Å². The minimum absolute atomic E-state index is 0.297. The van der Waals surface area contributed by atoms with Gasteiger partial charge in [0.15, 0.2) is 7.15 Å². The summed E-state index contributed by atoms with van der Waals surface area (Å²) in [6, 6.07) is 4.59. The maximum absolute atomic E-state index is 11.7. The van der Waals surface area contributed by atoms with Crippen molar-refractivity contribution in [3.05, 3.63) is 24.3 Å². The third-order valence-electron chi connectivity index (χ3n) is 1.31. The Morgan fingerprint density at radius 3 is 2.07 bits per heavy atom. The van der Waals surface area contributed by atoms with Crippen LogP contribution in [0, 0.1) is 0 Å². The van der Waals surface area contributed by atoms with Crippen molar-refractivity contribution in [2.24, 2.45) is 0 Å². The highest BCUT2D eigenvalue weighted by Crippen LogP contribution is 2.27. The van der Waals surface area contributed by atoms with Crippen LogP contribution in [-0.4, -0.2) is 6.36 Å². The van der Waals surface area contributed by atoms with E-state index in [1.54, 1.807) is 0 Å². The van der Waals surface area contributed by atoms with Gasteiger partial charge in [-0.15, -0.1) is 13.2 Å². The van der Waals surface area contributed by atoms with E-state index in [2.05, 4.69) is 4.74 Å². The van der Waals surface area contributed by atoms with Gasteiger partial charge in [0.1, 0.15) is 5.75 Å². The number of rotatable bonds is 2. The zero-order valence-electron chi connectivity index (χ0n) is 6.64. The molecule has 0 N–H and O–H groups in total. The molecule has 0 aromatic heterocycles. The monoisotopic (exact) mass is 244 g/mol. The lowest BCUT2D eigenvalue weighted by Crippen LogP contribution is -2.17. The van der Waals surface area contributed by atoms with Crippen LogP contribution in [-0.2, 0) is 4.57 Å². The van der Waals surface area contributed by atoms with E-state index in [9.17, 15) is 17.7 Å². The van der Waals surface area contributed by atoms with E-state index in [1.165, 1.54) is 12.1 Å². The van der Waals surface area contributed by atoms with Gasteiger partial charge in [-0.2, -0.15) is 0 Å². The summed E-state index contributed by atoms with van der Waals surface area (Å²) in [6.45, 7) is 0. The summed E-state index contributed by atoms with van der Waals surface area (Å²) in [6.07, 6.45) is -4.71. The Morgan fingerprint density at radius 2 is 1.71 bits per heavy atom. The van der Waals surface area contributed by atoms with Crippen molar-refractivity contribution >= 4 is 23.7 Å². The largest absolute Gasteiger partial charge is 0.573 e. The Balaban J connectivity index is 2.79. The van der Waals surface area contributed by atoms with E-state index in [-0.39, 0.29) is 5.75 Å². The summed E-state index contributed by atoms with van der Waals surface area (Å²) >= 11 is 5.27. The number of ether oxygens (including phenoxy) is 1. The van der Waals surface area contributed by atoms with Crippen molar-refractivity contribution in [1.29, 1.82) is 0 Å². The first-order valence-electron chi connectivity index (χ1n) is 3.44. The average Bonchev–Trinajstić information content (AvgIpc) is 2.02. The summed E-state index contributed by atoms with van der Waals surface area (Å²) in [4.78, 5) is 0. The van der Waals surface area contributed by atoms with Crippen LogP contribution in [0.3, 0.4) is 0 Å². The van der Waals surface area contributed by atoms with Gasteiger partial charge in [0.2, 0.25) is 0 Å². The molecule has 0 aliphatic rings. The van der Waals surface area contributed by atoms with Crippen LogP contribution < -0.4 is 10.0 Å². The fourth-order valence-corrected chi connectivity index (χ4v) is 1.59. The van der Waals surface area contributed by atoms with Gasteiger partial charge in [0, 0.05) is 5.30 Å². The molecule has 0 amide bonds. The fraction of sp³-hybridized carbons (Fsp3) is 0.143. The molecule has 1 rings (SSSR count). The lowest BCUT2D eigenvalue weighted by molar-refractivity contribution is -0.274. The molecule has 0 radical (unpaired) electrons. The van der Waals surface area contributed by atoms with Crippen molar-refractivity contribution in [2.75, 3.05) is 0 Å². The second-order valence-corrected chi connectivity index (χ2v) is 4.50. The molecule has 1 atom stereocenters. The van der Waals surface area contributed by atoms with Crippen LogP contribution in [0.5, 0.6) is 5.75 Å². The molecule has 0 fully saturated rings. The summed E-state index contributed by atoms with van der Waals surface area (Å²) in [5.74, 6) is -0.360. The van der Waals surface area contributed by atoms with Crippen LogP contribution in [0.15, 0.2) is 24.3 Å². The maximum Gasteiger partial charge on any atom is 0.573 e. The SMILES string of the molecule is O=[PH](Cl)c1ccc(OC(F)(F)F)cc1.